The number of hydrogen-bond acceptors (Lipinski definition) is 4. The summed E-state index contributed by atoms with van der Waals surface area (Å²) in [5.41, 5.74) is 2.56. The van der Waals surface area contributed by atoms with Crippen molar-refractivity contribution in [2.45, 2.75) is 19.6 Å². The molecule has 1 atom stereocenters. The highest BCUT2D eigenvalue weighted by atomic mass is 16.6. The minimum Gasteiger partial charge on any atom is -0.449 e. The summed E-state index contributed by atoms with van der Waals surface area (Å²) in [4.78, 5) is 25.7. The lowest BCUT2D eigenvalue weighted by Crippen LogP contribution is -2.41. The number of benzene rings is 2. The monoisotopic (exact) mass is 390 g/mol. The van der Waals surface area contributed by atoms with Crippen molar-refractivity contribution in [3.8, 4) is 11.8 Å². The maximum absolute atomic E-state index is 12.4. The second-order valence-electron chi connectivity index (χ2n) is 6.17. The maximum atomic E-state index is 12.4. The van der Waals surface area contributed by atoms with Crippen LogP contribution < -0.4 is 10.2 Å². The lowest BCUT2D eigenvalue weighted by Gasteiger charge is -2.30. The minimum absolute atomic E-state index is 0.107. The van der Waals surface area contributed by atoms with Crippen molar-refractivity contribution in [3.05, 3.63) is 71.8 Å². The molecule has 0 unspecified atom stereocenters. The van der Waals surface area contributed by atoms with E-state index in [0.29, 0.717) is 0 Å². The fourth-order valence-corrected chi connectivity index (χ4v) is 2.84. The van der Waals surface area contributed by atoms with Gasteiger partial charge in [-0.3, -0.25) is 4.90 Å². The summed E-state index contributed by atoms with van der Waals surface area (Å²) < 4.78 is 10.3. The van der Waals surface area contributed by atoms with Crippen LogP contribution in [0.25, 0.3) is 6.08 Å². The fraction of sp³-hybridized carbons (Fsp3) is 0.217. The van der Waals surface area contributed by atoms with Crippen LogP contribution >= 0.6 is 0 Å². The van der Waals surface area contributed by atoms with Gasteiger partial charge in [0.25, 0.3) is 0 Å². The zero-order chi connectivity index (χ0) is 20.5. The summed E-state index contributed by atoms with van der Waals surface area (Å²) in [7, 11) is 0. The first-order valence-electron chi connectivity index (χ1n) is 9.35. The Balaban J connectivity index is 1.58. The molecule has 2 aromatic rings. The van der Waals surface area contributed by atoms with Crippen molar-refractivity contribution in [1.82, 2.24) is 5.32 Å². The van der Waals surface area contributed by atoms with Crippen LogP contribution in [0.3, 0.4) is 0 Å². The highest BCUT2D eigenvalue weighted by Crippen LogP contribution is 2.29. The third kappa shape index (κ3) is 5.39. The van der Waals surface area contributed by atoms with Gasteiger partial charge >= 0.3 is 12.2 Å². The Morgan fingerprint density at radius 3 is 2.62 bits per heavy atom. The van der Waals surface area contributed by atoms with Crippen LogP contribution in [-0.2, 0) is 16.1 Å². The summed E-state index contributed by atoms with van der Waals surface area (Å²) >= 11 is 0. The van der Waals surface area contributed by atoms with Crippen LogP contribution in [0.4, 0.5) is 15.3 Å². The van der Waals surface area contributed by atoms with Crippen LogP contribution in [0.15, 0.2) is 60.7 Å². The standard InChI is InChI=1S/C23H22N2O4/c1-2-28-23(27)25-20(15-14-19-11-6-7-13-21(19)25)12-8-16-24-22(26)29-17-18-9-4-3-5-10-18/h3-7,9-11,13-15,20H,2,16-17H2,1H3,(H,24,26)/t20-/m1/s1. The highest BCUT2D eigenvalue weighted by molar-refractivity contribution is 5.94. The molecule has 0 radical (unpaired) electrons. The number of nitrogens with one attached hydrogen (secondary N) is 1. The number of rotatable bonds is 4. The van der Waals surface area contributed by atoms with E-state index in [1.165, 1.54) is 4.90 Å². The second kappa shape index (κ2) is 10.00. The number of para-hydroxylation sites is 1. The topological polar surface area (TPSA) is 67.9 Å². The number of ether oxygens (including phenoxy) is 2. The van der Waals surface area contributed by atoms with Crippen molar-refractivity contribution in [1.29, 1.82) is 0 Å². The first-order valence-corrected chi connectivity index (χ1v) is 9.35. The Bertz CT molecular complexity index is 944. The van der Waals surface area contributed by atoms with Gasteiger partial charge in [0.15, 0.2) is 0 Å². The summed E-state index contributed by atoms with van der Waals surface area (Å²) in [5.74, 6) is 5.88. The van der Waals surface area contributed by atoms with Gasteiger partial charge in [0.2, 0.25) is 0 Å². The van der Waals surface area contributed by atoms with E-state index in [1.807, 2.05) is 66.7 Å². The van der Waals surface area contributed by atoms with Gasteiger partial charge in [-0.1, -0.05) is 66.4 Å². The molecule has 1 N–H and O–H groups in total. The molecule has 0 fully saturated rings. The molecule has 0 spiro atoms. The van der Waals surface area contributed by atoms with Crippen LogP contribution in [0.5, 0.6) is 0 Å². The number of fused-ring (bicyclic) bond motifs is 1. The Hall–Kier alpha value is -3.72. The van der Waals surface area contributed by atoms with Gasteiger partial charge < -0.3 is 14.8 Å². The van der Waals surface area contributed by atoms with Crippen LogP contribution in [-0.4, -0.2) is 31.4 Å². The van der Waals surface area contributed by atoms with Crippen LogP contribution in [0, 0.1) is 11.8 Å². The van der Waals surface area contributed by atoms with E-state index in [-0.39, 0.29) is 19.8 Å². The summed E-state index contributed by atoms with van der Waals surface area (Å²) in [6.45, 7) is 2.33. The predicted octanol–water partition coefficient (Wildman–Crippen LogP) is 3.97. The van der Waals surface area contributed by atoms with Gasteiger partial charge in [-0.2, -0.15) is 0 Å². The Morgan fingerprint density at radius 1 is 1.07 bits per heavy atom. The second-order valence-corrected chi connectivity index (χ2v) is 6.17. The average Bonchev–Trinajstić information content (AvgIpc) is 2.75. The van der Waals surface area contributed by atoms with E-state index in [9.17, 15) is 9.59 Å². The van der Waals surface area contributed by atoms with E-state index < -0.39 is 18.2 Å². The highest BCUT2D eigenvalue weighted by Gasteiger charge is 2.27. The van der Waals surface area contributed by atoms with Gasteiger partial charge in [-0.25, -0.2) is 9.59 Å². The molecule has 0 saturated heterocycles. The van der Waals surface area contributed by atoms with Gasteiger partial charge in [-0.05, 0) is 30.2 Å². The molecule has 0 bridgehead atoms. The molecule has 1 aliphatic heterocycles. The van der Waals surface area contributed by atoms with Crippen molar-refractivity contribution < 1.29 is 19.1 Å². The molecule has 6 heteroatoms. The van der Waals surface area contributed by atoms with Gasteiger partial charge in [0.1, 0.15) is 12.6 Å². The lowest BCUT2D eigenvalue weighted by atomic mass is 10.0. The van der Waals surface area contributed by atoms with Gasteiger partial charge in [0, 0.05) is 0 Å². The zero-order valence-corrected chi connectivity index (χ0v) is 16.1. The van der Waals surface area contributed by atoms with E-state index in [1.54, 1.807) is 6.92 Å². The number of anilines is 1. The van der Waals surface area contributed by atoms with E-state index in [4.69, 9.17) is 9.47 Å². The van der Waals surface area contributed by atoms with Crippen LogP contribution in [0.1, 0.15) is 18.1 Å². The van der Waals surface area contributed by atoms with Crippen molar-refractivity contribution >= 4 is 23.9 Å². The number of carbonyl (C=O) groups is 2. The third-order valence-electron chi connectivity index (χ3n) is 4.18. The largest absolute Gasteiger partial charge is 0.449 e. The summed E-state index contributed by atoms with van der Waals surface area (Å²) in [6, 6.07) is 16.5. The Kier molecular flexibility index (Phi) is 6.90. The normalized spacial score (nSPS) is 14.2. The van der Waals surface area contributed by atoms with Gasteiger partial charge in [-0.15, -0.1) is 0 Å². The first-order chi connectivity index (χ1) is 14.2. The SMILES string of the molecule is CCOC(=O)N1c2ccccc2C=C[C@H]1C#CCNC(=O)OCc1ccccc1. The first kappa shape index (κ1) is 20.0. The van der Waals surface area contributed by atoms with E-state index in [0.717, 1.165) is 16.8 Å². The maximum Gasteiger partial charge on any atom is 0.415 e. The zero-order valence-electron chi connectivity index (χ0n) is 16.1. The minimum atomic E-state index is -0.546. The molecule has 1 heterocycles. The quantitative estimate of drug-likeness (QED) is 0.802. The molecule has 29 heavy (non-hydrogen) atoms. The molecular weight excluding hydrogens is 368 g/mol. The number of alkyl carbamates (subject to hydrolysis) is 1. The molecule has 148 valence electrons. The molecule has 0 saturated carbocycles. The molecule has 0 aliphatic carbocycles. The van der Waals surface area contributed by atoms with Crippen molar-refractivity contribution in [2.24, 2.45) is 0 Å². The number of hydrogen-bond donors (Lipinski definition) is 1. The van der Waals surface area contributed by atoms with E-state index in [2.05, 4.69) is 17.2 Å². The Morgan fingerprint density at radius 2 is 1.83 bits per heavy atom. The molecule has 0 aromatic heterocycles. The third-order valence-corrected chi connectivity index (χ3v) is 4.18. The van der Waals surface area contributed by atoms with Crippen molar-refractivity contribution in [3.63, 3.8) is 0 Å². The number of nitrogens with zero attached hydrogens (tertiary/aromatic N) is 1. The Labute approximate surface area is 170 Å². The number of amides is 2. The fourth-order valence-electron chi connectivity index (χ4n) is 2.84. The van der Waals surface area contributed by atoms with Crippen molar-refractivity contribution in [2.75, 3.05) is 18.1 Å². The molecule has 3 rings (SSSR count). The molecule has 6 nitrogen and oxygen atoms in total. The molecule has 1 aliphatic rings. The molecule has 2 amide bonds. The smallest absolute Gasteiger partial charge is 0.415 e. The summed E-state index contributed by atoms with van der Waals surface area (Å²) in [5, 5.41) is 2.59. The van der Waals surface area contributed by atoms with E-state index >= 15 is 0 Å². The number of carbonyl (C=O) groups excluding carboxylic acids is 2. The van der Waals surface area contributed by atoms with Gasteiger partial charge in [0.05, 0.1) is 18.8 Å². The van der Waals surface area contributed by atoms with Crippen LogP contribution in [0.2, 0.25) is 0 Å². The average molecular weight is 390 g/mol. The lowest BCUT2D eigenvalue weighted by molar-refractivity contribution is 0.141. The predicted molar refractivity (Wildman–Crippen MR) is 111 cm³/mol. The summed E-state index contributed by atoms with van der Waals surface area (Å²) in [6.07, 6.45) is 2.75. The molecule has 2 aromatic carbocycles. The molecular formula is C23H22N2O4.